The molecule has 0 aliphatic rings. The molecule has 3 rings (SSSR count). The highest BCUT2D eigenvalue weighted by Crippen LogP contribution is 2.27. The molecule has 6 heteroatoms. The summed E-state index contributed by atoms with van der Waals surface area (Å²) in [5, 5.41) is 10.6. The summed E-state index contributed by atoms with van der Waals surface area (Å²) in [4.78, 5) is 23.8. The Morgan fingerprint density at radius 2 is 1.89 bits per heavy atom. The smallest absolute Gasteiger partial charge is 0.336 e. The first kappa shape index (κ1) is 18.6. The molecule has 1 heterocycles. The van der Waals surface area contributed by atoms with Crippen molar-refractivity contribution in [1.29, 1.82) is 0 Å². The van der Waals surface area contributed by atoms with E-state index in [0.717, 1.165) is 5.56 Å². The summed E-state index contributed by atoms with van der Waals surface area (Å²) in [7, 11) is 0. The molecule has 0 atom stereocenters. The lowest BCUT2D eigenvalue weighted by molar-refractivity contribution is -0.144. The average molecular weight is 370 g/mol. The molecule has 0 unspecified atom stereocenters. The molecule has 0 spiro atoms. The molecule has 0 aliphatic carbocycles. The minimum atomic E-state index is -0.580. The lowest BCUT2D eigenvalue weighted by Gasteiger charge is -2.09. The predicted octanol–water partition coefficient (Wildman–Crippen LogP) is 3.88. The van der Waals surface area contributed by atoms with Gasteiger partial charge >= 0.3 is 11.6 Å². The van der Waals surface area contributed by atoms with Crippen LogP contribution in [-0.2, 0) is 29.0 Å². The third kappa shape index (κ3) is 4.53. The van der Waals surface area contributed by atoms with Crippen LogP contribution in [0.25, 0.3) is 11.0 Å². The van der Waals surface area contributed by atoms with Gasteiger partial charge in [0.05, 0.1) is 0 Å². The van der Waals surface area contributed by atoms with Crippen LogP contribution in [0.1, 0.15) is 30.0 Å². The number of carbonyl (C=O) groups is 1. The lowest BCUT2D eigenvalue weighted by atomic mass is 10.0. The Bertz CT molecular complexity index is 1020. The van der Waals surface area contributed by atoms with Crippen LogP contribution in [0, 0.1) is 5.82 Å². The van der Waals surface area contributed by atoms with E-state index in [1.54, 1.807) is 18.2 Å². The van der Waals surface area contributed by atoms with Gasteiger partial charge < -0.3 is 14.3 Å². The minimum Gasteiger partial charge on any atom is -0.508 e. The van der Waals surface area contributed by atoms with E-state index in [0.29, 0.717) is 29.4 Å². The van der Waals surface area contributed by atoms with Crippen molar-refractivity contribution in [2.45, 2.75) is 32.8 Å². The minimum absolute atomic E-state index is 0.0570. The average Bonchev–Trinajstić information content (AvgIpc) is 2.65. The molecule has 0 fully saturated rings. The molecule has 3 aromatic rings. The molecule has 0 saturated carbocycles. The Labute approximate surface area is 155 Å². The number of halogens is 1. The number of esters is 1. The van der Waals surface area contributed by atoms with Gasteiger partial charge in [-0.2, -0.15) is 0 Å². The van der Waals surface area contributed by atoms with Gasteiger partial charge in [-0.25, -0.2) is 9.18 Å². The van der Waals surface area contributed by atoms with Crippen LogP contribution in [0.4, 0.5) is 4.39 Å². The van der Waals surface area contributed by atoms with Gasteiger partial charge in [-0.15, -0.1) is 0 Å². The Morgan fingerprint density at radius 1 is 1.15 bits per heavy atom. The molecular formula is C21H19FO5. The van der Waals surface area contributed by atoms with E-state index in [-0.39, 0.29) is 30.2 Å². The number of rotatable bonds is 6. The first-order valence-electron chi connectivity index (χ1n) is 8.65. The molecule has 27 heavy (non-hydrogen) atoms. The fraction of sp³-hybridized carbons (Fsp3) is 0.238. The van der Waals surface area contributed by atoms with E-state index in [1.165, 1.54) is 24.3 Å². The van der Waals surface area contributed by atoms with E-state index in [1.807, 2.05) is 6.92 Å². The molecule has 2 aromatic carbocycles. The van der Waals surface area contributed by atoms with Gasteiger partial charge in [0.1, 0.15) is 23.8 Å². The van der Waals surface area contributed by atoms with Crippen LogP contribution in [0.2, 0.25) is 0 Å². The molecule has 140 valence electrons. The number of hydrogen-bond donors (Lipinski definition) is 1. The molecule has 0 saturated heterocycles. The summed E-state index contributed by atoms with van der Waals surface area (Å²) in [5.74, 6) is -0.689. The number of ether oxygens (including phenoxy) is 1. The molecular weight excluding hydrogens is 351 g/mol. The summed E-state index contributed by atoms with van der Waals surface area (Å²) in [6.07, 6.45) is 1.19. The second-order valence-corrected chi connectivity index (χ2v) is 6.21. The highest BCUT2D eigenvalue weighted by Gasteiger charge is 2.12. The third-order valence-corrected chi connectivity index (χ3v) is 4.33. The van der Waals surface area contributed by atoms with Crippen molar-refractivity contribution in [3.63, 3.8) is 0 Å². The summed E-state index contributed by atoms with van der Waals surface area (Å²) < 4.78 is 23.3. The molecule has 1 aromatic heterocycles. The fourth-order valence-corrected chi connectivity index (χ4v) is 2.84. The molecule has 0 bridgehead atoms. The Balaban J connectivity index is 1.71. The molecule has 0 radical (unpaired) electrons. The summed E-state index contributed by atoms with van der Waals surface area (Å²) >= 11 is 0. The molecule has 5 nitrogen and oxygen atoms in total. The fourth-order valence-electron chi connectivity index (χ4n) is 2.84. The van der Waals surface area contributed by atoms with E-state index < -0.39 is 11.6 Å². The van der Waals surface area contributed by atoms with Crippen LogP contribution in [0.5, 0.6) is 5.75 Å². The Hall–Kier alpha value is -3.15. The van der Waals surface area contributed by atoms with Crippen molar-refractivity contribution in [3.8, 4) is 5.75 Å². The summed E-state index contributed by atoms with van der Waals surface area (Å²) in [5.41, 5.74) is 1.73. The van der Waals surface area contributed by atoms with Crippen LogP contribution in [-0.4, -0.2) is 11.1 Å². The van der Waals surface area contributed by atoms with Crippen molar-refractivity contribution < 1.29 is 23.4 Å². The maximum atomic E-state index is 12.9. The molecule has 0 aliphatic heterocycles. The predicted molar refractivity (Wildman–Crippen MR) is 98.0 cm³/mol. The highest BCUT2D eigenvalue weighted by molar-refractivity contribution is 5.83. The van der Waals surface area contributed by atoms with E-state index in [4.69, 9.17) is 9.15 Å². The van der Waals surface area contributed by atoms with Gasteiger partial charge in [0.2, 0.25) is 0 Å². The molecule has 0 amide bonds. The lowest BCUT2D eigenvalue weighted by Crippen LogP contribution is -2.08. The summed E-state index contributed by atoms with van der Waals surface area (Å²) in [6, 6.07) is 10.3. The second-order valence-electron chi connectivity index (χ2n) is 6.21. The van der Waals surface area contributed by atoms with Crippen LogP contribution < -0.4 is 5.63 Å². The van der Waals surface area contributed by atoms with Gasteiger partial charge in [0.25, 0.3) is 0 Å². The number of hydrogen-bond acceptors (Lipinski definition) is 5. The maximum Gasteiger partial charge on any atom is 0.336 e. The number of carbonyl (C=O) groups excluding carboxylic acids is 1. The van der Waals surface area contributed by atoms with Crippen molar-refractivity contribution in [2.24, 2.45) is 0 Å². The topological polar surface area (TPSA) is 76.7 Å². The number of aryl methyl sites for hydroxylation is 2. The second kappa shape index (κ2) is 8.03. The van der Waals surface area contributed by atoms with Crippen LogP contribution in [0.15, 0.2) is 51.7 Å². The zero-order chi connectivity index (χ0) is 19.4. The van der Waals surface area contributed by atoms with Gasteiger partial charge in [0, 0.05) is 29.5 Å². The number of phenolic OH excluding ortho intramolecular Hbond substituents is 1. The highest BCUT2D eigenvalue weighted by atomic mass is 19.1. The number of fused-ring (bicyclic) bond motifs is 1. The summed E-state index contributed by atoms with van der Waals surface area (Å²) in [6.45, 7) is 1.83. The normalized spacial score (nSPS) is 10.9. The van der Waals surface area contributed by atoms with Crippen molar-refractivity contribution in [2.75, 3.05) is 0 Å². The van der Waals surface area contributed by atoms with Crippen molar-refractivity contribution >= 4 is 16.9 Å². The van der Waals surface area contributed by atoms with E-state index >= 15 is 0 Å². The maximum absolute atomic E-state index is 12.9. The zero-order valence-corrected chi connectivity index (χ0v) is 14.8. The monoisotopic (exact) mass is 370 g/mol. The van der Waals surface area contributed by atoms with Crippen molar-refractivity contribution in [3.05, 3.63) is 75.4 Å². The zero-order valence-electron chi connectivity index (χ0n) is 14.8. The standard InChI is InChI=1S/C21H19FO5/c1-2-14-9-17-15(10-21(25)27-19(17)11-18(14)23)12-26-20(24)8-5-13-3-6-16(22)7-4-13/h3-4,6-7,9-11,23H,2,5,8,12H2,1H3. The first-order valence-corrected chi connectivity index (χ1v) is 8.65. The van der Waals surface area contributed by atoms with E-state index in [2.05, 4.69) is 0 Å². The van der Waals surface area contributed by atoms with E-state index in [9.17, 15) is 19.1 Å². The van der Waals surface area contributed by atoms with Gasteiger partial charge in [-0.1, -0.05) is 19.1 Å². The number of aromatic hydroxyl groups is 1. The number of benzene rings is 2. The molecule has 1 N–H and O–H groups in total. The Morgan fingerprint density at radius 3 is 2.59 bits per heavy atom. The largest absolute Gasteiger partial charge is 0.508 e. The first-order chi connectivity index (χ1) is 13.0. The SMILES string of the molecule is CCc1cc2c(COC(=O)CCc3ccc(F)cc3)cc(=O)oc2cc1O. The number of phenols is 1. The third-order valence-electron chi connectivity index (χ3n) is 4.33. The quantitative estimate of drug-likeness (QED) is 0.526. The van der Waals surface area contributed by atoms with Gasteiger partial charge in [-0.05, 0) is 42.2 Å². The Kier molecular flexibility index (Phi) is 5.54. The van der Waals surface area contributed by atoms with Crippen LogP contribution >= 0.6 is 0 Å². The van der Waals surface area contributed by atoms with Gasteiger partial charge in [0.15, 0.2) is 0 Å². The van der Waals surface area contributed by atoms with Crippen molar-refractivity contribution in [1.82, 2.24) is 0 Å². The van der Waals surface area contributed by atoms with Gasteiger partial charge in [-0.3, -0.25) is 4.79 Å². The van der Waals surface area contributed by atoms with Crippen LogP contribution in [0.3, 0.4) is 0 Å².